The number of rotatable bonds is 7. The summed E-state index contributed by atoms with van der Waals surface area (Å²) in [5.74, 6) is -1.82. The van der Waals surface area contributed by atoms with Gasteiger partial charge in [-0.15, -0.1) is 0 Å². The number of nitrogens with zero attached hydrogens (tertiary/aromatic N) is 1. The van der Waals surface area contributed by atoms with Crippen LogP contribution in [0.2, 0.25) is 0 Å². The zero-order valence-corrected chi connectivity index (χ0v) is 16.4. The van der Waals surface area contributed by atoms with Gasteiger partial charge in [0.1, 0.15) is 5.82 Å². The summed E-state index contributed by atoms with van der Waals surface area (Å²) in [5.41, 5.74) is 0.794. The molecular weight excluding hydrogens is 417 g/mol. The van der Waals surface area contributed by atoms with Crippen molar-refractivity contribution < 1.29 is 31.9 Å². The van der Waals surface area contributed by atoms with Crippen LogP contribution in [-0.2, 0) is 30.8 Å². The number of carbonyl (C=O) groups excluding carboxylic acids is 3. The maximum Gasteiger partial charge on any atom is 0.324 e. The number of esters is 1. The SMILES string of the molecule is O=C(Cc1ccc(NS(=O)(=O)c2ccc(F)cc2)cc1)OCC(=O)N1CCNC1=O. The van der Waals surface area contributed by atoms with Crippen molar-refractivity contribution in [1.29, 1.82) is 0 Å². The van der Waals surface area contributed by atoms with Gasteiger partial charge in [0.2, 0.25) is 0 Å². The van der Waals surface area contributed by atoms with E-state index in [1.807, 2.05) is 0 Å². The Morgan fingerprint density at radius 1 is 1.10 bits per heavy atom. The van der Waals surface area contributed by atoms with Gasteiger partial charge in [-0.2, -0.15) is 0 Å². The van der Waals surface area contributed by atoms with E-state index in [0.29, 0.717) is 12.1 Å². The van der Waals surface area contributed by atoms with E-state index >= 15 is 0 Å². The van der Waals surface area contributed by atoms with Gasteiger partial charge in [-0.3, -0.25) is 19.2 Å². The molecule has 3 amide bonds. The summed E-state index contributed by atoms with van der Waals surface area (Å²) >= 11 is 0. The number of anilines is 1. The van der Waals surface area contributed by atoms with Crippen LogP contribution >= 0.6 is 0 Å². The highest BCUT2D eigenvalue weighted by Gasteiger charge is 2.26. The zero-order valence-electron chi connectivity index (χ0n) is 15.6. The first-order valence-electron chi connectivity index (χ1n) is 8.86. The van der Waals surface area contributed by atoms with Gasteiger partial charge in [-0.25, -0.2) is 17.6 Å². The van der Waals surface area contributed by atoms with E-state index in [2.05, 4.69) is 10.0 Å². The maximum absolute atomic E-state index is 13.0. The highest BCUT2D eigenvalue weighted by molar-refractivity contribution is 7.92. The van der Waals surface area contributed by atoms with Crippen molar-refractivity contribution in [3.8, 4) is 0 Å². The average Bonchev–Trinajstić information content (AvgIpc) is 3.14. The molecule has 0 aromatic heterocycles. The first-order valence-corrected chi connectivity index (χ1v) is 10.3. The van der Waals surface area contributed by atoms with Crippen LogP contribution in [0.3, 0.4) is 0 Å². The third kappa shape index (κ3) is 5.32. The van der Waals surface area contributed by atoms with Gasteiger partial charge < -0.3 is 10.1 Å². The Labute approximate surface area is 171 Å². The van der Waals surface area contributed by atoms with Crippen molar-refractivity contribution in [1.82, 2.24) is 10.2 Å². The average molecular weight is 435 g/mol. The van der Waals surface area contributed by atoms with E-state index in [9.17, 15) is 27.2 Å². The van der Waals surface area contributed by atoms with Crippen LogP contribution in [0.4, 0.5) is 14.9 Å². The fourth-order valence-corrected chi connectivity index (χ4v) is 3.72. The van der Waals surface area contributed by atoms with Crippen molar-refractivity contribution in [3.05, 3.63) is 59.9 Å². The number of benzene rings is 2. The third-order valence-corrected chi connectivity index (χ3v) is 5.59. The molecule has 0 atom stereocenters. The molecule has 30 heavy (non-hydrogen) atoms. The van der Waals surface area contributed by atoms with Crippen molar-refractivity contribution in [2.45, 2.75) is 11.3 Å². The second-order valence-corrected chi connectivity index (χ2v) is 8.05. The van der Waals surface area contributed by atoms with E-state index in [4.69, 9.17) is 4.74 Å². The fourth-order valence-electron chi connectivity index (χ4n) is 2.67. The van der Waals surface area contributed by atoms with Gasteiger partial charge in [0, 0.05) is 18.8 Å². The maximum atomic E-state index is 13.0. The van der Waals surface area contributed by atoms with E-state index in [-0.39, 0.29) is 23.5 Å². The van der Waals surface area contributed by atoms with E-state index in [1.54, 1.807) is 0 Å². The van der Waals surface area contributed by atoms with Gasteiger partial charge in [0.05, 0.1) is 11.3 Å². The summed E-state index contributed by atoms with van der Waals surface area (Å²) in [6.07, 6.45) is -0.134. The van der Waals surface area contributed by atoms with Gasteiger partial charge in [-0.1, -0.05) is 12.1 Å². The summed E-state index contributed by atoms with van der Waals surface area (Å²) < 4.78 is 44.8. The molecule has 1 aliphatic heterocycles. The lowest BCUT2D eigenvalue weighted by Gasteiger charge is -2.12. The minimum absolute atomic E-state index is 0.0899. The summed E-state index contributed by atoms with van der Waals surface area (Å²) in [4.78, 5) is 36.0. The molecule has 0 bridgehead atoms. The van der Waals surface area contributed by atoms with Gasteiger partial charge in [0.15, 0.2) is 6.61 Å². The number of urea groups is 1. The molecule has 1 fully saturated rings. The van der Waals surface area contributed by atoms with E-state index in [0.717, 1.165) is 29.2 Å². The van der Waals surface area contributed by atoms with Crippen LogP contribution in [-0.4, -0.2) is 50.9 Å². The predicted molar refractivity (Wildman–Crippen MR) is 103 cm³/mol. The molecular formula is C19H18FN3O6S. The van der Waals surface area contributed by atoms with Crippen molar-refractivity contribution in [2.75, 3.05) is 24.4 Å². The molecule has 2 N–H and O–H groups in total. The van der Waals surface area contributed by atoms with Gasteiger partial charge in [0.25, 0.3) is 15.9 Å². The van der Waals surface area contributed by atoms with Crippen LogP contribution < -0.4 is 10.0 Å². The number of hydrogen-bond acceptors (Lipinski definition) is 6. The molecule has 9 nitrogen and oxygen atoms in total. The standard InChI is InChI=1S/C19H18FN3O6S/c20-14-3-7-16(8-4-14)30(27,28)22-15-5-1-13(2-6-15)11-18(25)29-12-17(24)23-10-9-21-19(23)26/h1-8,22H,9-12H2,(H,21,26). The number of imide groups is 1. The number of carbonyl (C=O) groups is 3. The van der Waals surface area contributed by atoms with E-state index in [1.165, 1.54) is 24.3 Å². The molecule has 0 saturated carbocycles. The molecule has 1 heterocycles. The summed E-state index contributed by atoms with van der Waals surface area (Å²) in [7, 11) is -3.88. The number of halogens is 1. The summed E-state index contributed by atoms with van der Waals surface area (Å²) in [6, 6.07) is 9.85. The predicted octanol–water partition coefficient (Wildman–Crippen LogP) is 1.26. The van der Waals surface area contributed by atoms with Crippen LogP contribution in [0.1, 0.15) is 5.56 Å². The number of amides is 3. The minimum Gasteiger partial charge on any atom is -0.455 e. The smallest absolute Gasteiger partial charge is 0.324 e. The molecule has 1 saturated heterocycles. The van der Waals surface area contributed by atoms with Gasteiger partial charge >= 0.3 is 12.0 Å². The second-order valence-electron chi connectivity index (χ2n) is 6.37. The fraction of sp³-hybridized carbons (Fsp3) is 0.211. The highest BCUT2D eigenvalue weighted by Crippen LogP contribution is 2.17. The number of nitrogens with one attached hydrogen (secondary N) is 2. The highest BCUT2D eigenvalue weighted by atomic mass is 32.2. The topological polar surface area (TPSA) is 122 Å². The largest absolute Gasteiger partial charge is 0.455 e. The molecule has 0 radical (unpaired) electrons. The lowest BCUT2D eigenvalue weighted by atomic mass is 10.1. The number of ether oxygens (including phenoxy) is 1. The Kier molecular flexibility index (Phi) is 6.31. The molecule has 1 aliphatic rings. The molecule has 11 heteroatoms. The molecule has 2 aromatic rings. The van der Waals surface area contributed by atoms with Crippen molar-refractivity contribution >= 4 is 33.6 Å². The summed E-state index contributed by atoms with van der Waals surface area (Å²) in [6.45, 7) is 0.0437. The van der Waals surface area contributed by atoms with Crippen LogP contribution in [0.15, 0.2) is 53.4 Å². The lowest BCUT2D eigenvalue weighted by Crippen LogP contribution is -2.37. The van der Waals surface area contributed by atoms with E-state index < -0.39 is 40.4 Å². The molecule has 158 valence electrons. The number of sulfonamides is 1. The van der Waals surface area contributed by atoms with Gasteiger partial charge in [-0.05, 0) is 42.0 Å². The number of hydrogen-bond donors (Lipinski definition) is 2. The zero-order chi connectivity index (χ0) is 21.7. The molecule has 3 rings (SSSR count). The summed E-state index contributed by atoms with van der Waals surface area (Å²) in [5, 5.41) is 2.47. The Bertz CT molecular complexity index is 1050. The Hall–Kier alpha value is -3.47. The first-order chi connectivity index (χ1) is 14.2. The van der Waals surface area contributed by atoms with Crippen molar-refractivity contribution in [2.24, 2.45) is 0 Å². The van der Waals surface area contributed by atoms with Crippen LogP contribution in [0, 0.1) is 5.82 Å². The molecule has 0 aliphatic carbocycles. The van der Waals surface area contributed by atoms with Crippen LogP contribution in [0.5, 0.6) is 0 Å². The molecule has 2 aromatic carbocycles. The third-order valence-electron chi connectivity index (χ3n) is 4.19. The second kappa shape index (κ2) is 8.91. The monoisotopic (exact) mass is 435 g/mol. The molecule has 0 unspecified atom stereocenters. The Morgan fingerprint density at radius 2 is 1.77 bits per heavy atom. The van der Waals surface area contributed by atoms with Crippen molar-refractivity contribution in [3.63, 3.8) is 0 Å². The first kappa shape index (κ1) is 21.2. The normalized spacial score (nSPS) is 13.6. The quantitative estimate of drug-likeness (QED) is 0.632. The Morgan fingerprint density at radius 3 is 2.37 bits per heavy atom. The molecule has 0 spiro atoms. The van der Waals surface area contributed by atoms with Crippen LogP contribution in [0.25, 0.3) is 0 Å². The lowest BCUT2D eigenvalue weighted by molar-refractivity contribution is -0.150. The Balaban J connectivity index is 1.52. The minimum atomic E-state index is -3.88.